The Labute approximate surface area is 171 Å². The Morgan fingerprint density at radius 3 is 2.34 bits per heavy atom. The first-order chi connectivity index (χ1) is 14.3. The summed E-state index contributed by atoms with van der Waals surface area (Å²) in [6, 6.07) is 20.5. The molecule has 0 radical (unpaired) electrons. The Morgan fingerprint density at radius 2 is 1.72 bits per heavy atom. The number of amides is 1. The molecule has 1 unspecified atom stereocenters. The van der Waals surface area contributed by atoms with Gasteiger partial charge in [-0.15, -0.1) is 0 Å². The van der Waals surface area contributed by atoms with Crippen molar-refractivity contribution < 1.29 is 9.53 Å². The van der Waals surface area contributed by atoms with Gasteiger partial charge in [0.05, 0.1) is 12.7 Å². The first kappa shape index (κ1) is 19.1. The zero-order chi connectivity index (χ0) is 19.9. The molecule has 0 saturated carbocycles. The molecule has 1 aromatic heterocycles. The van der Waals surface area contributed by atoms with Gasteiger partial charge in [0.2, 0.25) is 11.8 Å². The second-order valence-electron chi connectivity index (χ2n) is 7.34. The van der Waals surface area contributed by atoms with Crippen molar-refractivity contribution >= 4 is 5.91 Å². The highest BCUT2D eigenvalue weighted by atomic mass is 16.5. The summed E-state index contributed by atoms with van der Waals surface area (Å²) in [6.07, 6.45) is 7.10. The van der Waals surface area contributed by atoms with Crippen LogP contribution < -0.4 is 4.74 Å². The number of carbonyl (C=O) groups is 1. The van der Waals surface area contributed by atoms with Crippen LogP contribution in [0.2, 0.25) is 0 Å². The molecule has 1 fully saturated rings. The Hall–Kier alpha value is -3.21. The predicted molar refractivity (Wildman–Crippen MR) is 112 cm³/mol. The average Bonchev–Trinajstić information content (AvgIpc) is 2.79. The van der Waals surface area contributed by atoms with Crippen LogP contribution in [0.25, 0.3) is 0 Å². The van der Waals surface area contributed by atoms with E-state index in [4.69, 9.17) is 4.74 Å². The highest BCUT2D eigenvalue weighted by molar-refractivity contribution is 5.78. The maximum Gasteiger partial charge on any atom is 0.232 e. The fourth-order valence-electron chi connectivity index (χ4n) is 3.88. The quantitative estimate of drug-likeness (QED) is 0.640. The van der Waals surface area contributed by atoms with Crippen molar-refractivity contribution in [3.05, 3.63) is 90.4 Å². The predicted octanol–water partition coefficient (Wildman–Crippen LogP) is 4.07. The monoisotopic (exact) mass is 387 g/mol. The largest absolute Gasteiger partial charge is 0.471 e. The summed E-state index contributed by atoms with van der Waals surface area (Å²) < 4.78 is 5.94. The van der Waals surface area contributed by atoms with E-state index in [9.17, 15) is 4.79 Å². The number of carbonyl (C=O) groups excluding carboxylic acids is 1. The topological polar surface area (TPSA) is 55.3 Å². The van der Waals surface area contributed by atoms with Crippen LogP contribution in [-0.2, 0) is 4.79 Å². The smallest absolute Gasteiger partial charge is 0.232 e. The van der Waals surface area contributed by atoms with E-state index in [2.05, 4.69) is 34.2 Å². The van der Waals surface area contributed by atoms with Crippen molar-refractivity contribution in [2.75, 3.05) is 13.1 Å². The zero-order valence-corrected chi connectivity index (χ0v) is 16.4. The number of hydrogen-bond acceptors (Lipinski definition) is 4. The molecule has 3 aromatic rings. The van der Waals surface area contributed by atoms with Crippen LogP contribution in [0.3, 0.4) is 0 Å². The van der Waals surface area contributed by atoms with Crippen LogP contribution in [0.5, 0.6) is 5.88 Å². The molecule has 0 N–H and O–H groups in total. The van der Waals surface area contributed by atoms with Crippen molar-refractivity contribution in [3.63, 3.8) is 0 Å². The lowest BCUT2D eigenvalue weighted by Crippen LogP contribution is -2.44. The maximum atomic E-state index is 13.2. The second kappa shape index (κ2) is 9.32. The van der Waals surface area contributed by atoms with Gasteiger partial charge in [-0.2, -0.15) is 0 Å². The van der Waals surface area contributed by atoms with Gasteiger partial charge >= 0.3 is 0 Å². The molecule has 0 spiro atoms. The Bertz CT molecular complexity index is 864. The van der Waals surface area contributed by atoms with Gasteiger partial charge in [-0.25, -0.2) is 4.98 Å². The van der Waals surface area contributed by atoms with Gasteiger partial charge in [-0.1, -0.05) is 60.7 Å². The van der Waals surface area contributed by atoms with Gasteiger partial charge in [0.25, 0.3) is 0 Å². The van der Waals surface area contributed by atoms with Gasteiger partial charge in [-0.05, 0) is 24.0 Å². The standard InChI is InChI=1S/C24H25N3O2/c28-24(27-15-7-12-21(18-27)29-23-17-25-13-14-26-23)16-22(19-8-3-1-4-9-19)20-10-5-2-6-11-20/h1-6,8-11,13-14,17,21-22H,7,12,15-16,18H2. The minimum atomic E-state index is -0.0451. The lowest BCUT2D eigenvalue weighted by molar-refractivity contribution is -0.134. The molecule has 1 amide bonds. The lowest BCUT2D eigenvalue weighted by Gasteiger charge is -2.33. The lowest BCUT2D eigenvalue weighted by atomic mass is 9.88. The minimum absolute atomic E-state index is 0.0451. The van der Waals surface area contributed by atoms with E-state index in [0.717, 1.165) is 30.5 Å². The second-order valence-corrected chi connectivity index (χ2v) is 7.34. The van der Waals surface area contributed by atoms with Crippen molar-refractivity contribution in [2.24, 2.45) is 0 Å². The van der Waals surface area contributed by atoms with Crippen LogP contribution >= 0.6 is 0 Å². The van der Waals surface area contributed by atoms with Crippen LogP contribution in [0.15, 0.2) is 79.3 Å². The van der Waals surface area contributed by atoms with E-state index in [1.165, 1.54) is 0 Å². The molecule has 29 heavy (non-hydrogen) atoms. The first-order valence-electron chi connectivity index (χ1n) is 10.1. The van der Waals surface area contributed by atoms with E-state index >= 15 is 0 Å². The SMILES string of the molecule is O=C(CC(c1ccccc1)c1ccccc1)N1CCCC(Oc2cnccn2)C1. The molecule has 1 aliphatic rings. The average molecular weight is 387 g/mol. The molecule has 2 aromatic carbocycles. The number of benzene rings is 2. The fourth-order valence-corrected chi connectivity index (χ4v) is 3.88. The summed E-state index contributed by atoms with van der Waals surface area (Å²) >= 11 is 0. The summed E-state index contributed by atoms with van der Waals surface area (Å²) in [5.41, 5.74) is 2.33. The minimum Gasteiger partial charge on any atom is -0.471 e. The summed E-state index contributed by atoms with van der Waals surface area (Å²) in [4.78, 5) is 23.4. The molecular weight excluding hydrogens is 362 g/mol. The number of piperidine rings is 1. The van der Waals surface area contributed by atoms with Crippen molar-refractivity contribution in [2.45, 2.75) is 31.3 Å². The summed E-state index contributed by atoms with van der Waals surface area (Å²) in [6.45, 7) is 1.36. The molecule has 0 aliphatic carbocycles. The van der Waals surface area contributed by atoms with Crippen molar-refractivity contribution in [3.8, 4) is 5.88 Å². The Balaban J connectivity index is 1.46. The van der Waals surface area contributed by atoms with Gasteiger partial charge in [0.15, 0.2) is 0 Å². The van der Waals surface area contributed by atoms with Crippen molar-refractivity contribution in [1.82, 2.24) is 14.9 Å². The first-order valence-corrected chi connectivity index (χ1v) is 10.1. The van der Waals surface area contributed by atoms with Gasteiger partial charge in [0.1, 0.15) is 6.10 Å². The van der Waals surface area contributed by atoms with Gasteiger partial charge in [0, 0.05) is 31.3 Å². The van der Waals surface area contributed by atoms with Crippen LogP contribution in [-0.4, -0.2) is 40.0 Å². The van der Waals surface area contributed by atoms with E-state index in [-0.39, 0.29) is 17.9 Å². The number of likely N-dealkylation sites (tertiary alicyclic amines) is 1. The van der Waals surface area contributed by atoms with Crippen LogP contribution in [0, 0.1) is 0 Å². The van der Waals surface area contributed by atoms with Crippen molar-refractivity contribution in [1.29, 1.82) is 0 Å². The number of aromatic nitrogens is 2. The molecule has 148 valence electrons. The van der Waals surface area contributed by atoms with Gasteiger partial charge < -0.3 is 9.64 Å². The summed E-state index contributed by atoms with van der Waals surface area (Å²) in [7, 11) is 0. The van der Waals surface area contributed by atoms with E-state index in [1.807, 2.05) is 41.3 Å². The van der Waals surface area contributed by atoms with Crippen LogP contribution in [0.4, 0.5) is 0 Å². The molecule has 5 nitrogen and oxygen atoms in total. The number of rotatable bonds is 6. The fraction of sp³-hybridized carbons (Fsp3) is 0.292. The molecule has 1 aliphatic heterocycles. The highest BCUT2D eigenvalue weighted by Crippen LogP contribution is 2.29. The Morgan fingerprint density at radius 1 is 1.03 bits per heavy atom. The van der Waals surface area contributed by atoms with E-state index in [0.29, 0.717) is 18.8 Å². The van der Waals surface area contributed by atoms with Gasteiger partial charge in [-0.3, -0.25) is 9.78 Å². The summed E-state index contributed by atoms with van der Waals surface area (Å²) in [5.74, 6) is 0.722. The number of hydrogen-bond donors (Lipinski definition) is 0. The maximum absolute atomic E-state index is 13.2. The third-order valence-corrected chi connectivity index (χ3v) is 5.34. The molecule has 0 bridgehead atoms. The van der Waals surface area contributed by atoms with E-state index < -0.39 is 0 Å². The molecule has 4 rings (SSSR count). The molecule has 1 atom stereocenters. The van der Waals surface area contributed by atoms with E-state index in [1.54, 1.807) is 18.6 Å². The number of nitrogens with zero attached hydrogens (tertiary/aromatic N) is 3. The summed E-state index contributed by atoms with van der Waals surface area (Å²) in [5, 5.41) is 0. The zero-order valence-electron chi connectivity index (χ0n) is 16.4. The Kier molecular flexibility index (Phi) is 6.15. The molecular formula is C24H25N3O2. The highest BCUT2D eigenvalue weighted by Gasteiger charge is 2.27. The normalized spacial score (nSPS) is 16.6. The molecule has 1 saturated heterocycles. The van der Waals surface area contributed by atoms with Crippen LogP contribution in [0.1, 0.15) is 36.3 Å². The third kappa shape index (κ3) is 4.99. The molecule has 5 heteroatoms. The molecule has 2 heterocycles. The third-order valence-electron chi connectivity index (χ3n) is 5.34. The number of ether oxygens (including phenoxy) is 1.